The van der Waals surface area contributed by atoms with Crippen LogP contribution in [0.2, 0.25) is 0 Å². The number of aromatic nitrogens is 2. The van der Waals surface area contributed by atoms with Crippen LogP contribution in [0.5, 0.6) is 5.75 Å². The first kappa shape index (κ1) is 12.2. The Labute approximate surface area is 105 Å². The van der Waals surface area contributed by atoms with E-state index in [1.807, 2.05) is 6.92 Å². The molecule has 0 saturated carbocycles. The minimum atomic E-state index is -0.205. The van der Waals surface area contributed by atoms with Crippen molar-refractivity contribution < 1.29 is 9.90 Å². The standard InChI is InChI=1S/C13H15N3O2/c1-3-16-8-10(7-14-16)15-13(18)12-5-4-11(17)6-9(12)2/h4-8,17H,3H2,1-2H3,(H,15,18). The number of anilines is 1. The lowest BCUT2D eigenvalue weighted by Crippen LogP contribution is -2.12. The van der Waals surface area contributed by atoms with Crippen molar-refractivity contribution in [2.75, 3.05) is 5.32 Å². The van der Waals surface area contributed by atoms with Gasteiger partial charge in [0.15, 0.2) is 0 Å². The number of phenols is 1. The van der Waals surface area contributed by atoms with E-state index in [-0.39, 0.29) is 11.7 Å². The van der Waals surface area contributed by atoms with E-state index in [1.54, 1.807) is 36.1 Å². The molecule has 1 aromatic heterocycles. The van der Waals surface area contributed by atoms with E-state index in [0.717, 1.165) is 12.1 Å². The molecule has 0 bridgehead atoms. The van der Waals surface area contributed by atoms with Crippen molar-refractivity contribution in [1.29, 1.82) is 0 Å². The topological polar surface area (TPSA) is 67.2 Å². The Morgan fingerprint density at radius 3 is 2.89 bits per heavy atom. The molecule has 0 radical (unpaired) electrons. The fourth-order valence-corrected chi connectivity index (χ4v) is 1.70. The van der Waals surface area contributed by atoms with Gasteiger partial charge in [-0.05, 0) is 37.6 Å². The number of phenolic OH excluding ortho intramolecular Hbond substituents is 1. The van der Waals surface area contributed by atoms with Gasteiger partial charge >= 0.3 is 0 Å². The summed E-state index contributed by atoms with van der Waals surface area (Å²) in [5, 5.41) is 16.1. The lowest BCUT2D eigenvalue weighted by Gasteiger charge is -2.06. The highest BCUT2D eigenvalue weighted by Gasteiger charge is 2.10. The maximum atomic E-state index is 12.0. The molecule has 0 fully saturated rings. The van der Waals surface area contributed by atoms with Crippen LogP contribution in [0.1, 0.15) is 22.8 Å². The van der Waals surface area contributed by atoms with Gasteiger partial charge in [0.25, 0.3) is 5.91 Å². The SMILES string of the molecule is CCn1cc(NC(=O)c2ccc(O)cc2C)cn1. The van der Waals surface area contributed by atoms with Crippen molar-refractivity contribution in [1.82, 2.24) is 9.78 Å². The summed E-state index contributed by atoms with van der Waals surface area (Å²) in [6, 6.07) is 4.66. The fraction of sp³-hybridized carbons (Fsp3) is 0.231. The third kappa shape index (κ3) is 2.51. The first-order valence-corrected chi connectivity index (χ1v) is 5.73. The van der Waals surface area contributed by atoms with Crippen LogP contribution in [-0.2, 0) is 6.54 Å². The van der Waals surface area contributed by atoms with Gasteiger partial charge in [-0.15, -0.1) is 0 Å². The molecule has 1 aromatic carbocycles. The Morgan fingerprint density at radius 1 is 1.50 bits per heavy atom. The summed E-state index contributed by atoms with van der Waals surface area (Å²) >= 11 is 0. The Kier molecular flexibility index (Phi) is 3.32. The average Bonchev–Trinajstić information content (AvgIpc) is 2.76. The van der Waals surface area contributed by atoms with E-state index in [9.17, 15) is 9.90 Å². The van der Waals surface area contributed by atoms with E-state index in [0.29, 0.717) is 11.3 Å². The predicted octanol–water partition coefficient (Wildman–Crippen LogP) is 2.17. The molecule has 0 saturated heterocycles. The summed E-state index contributed by atoms with van der Waals surface area (Å²) in [5.74, 6) is -0.0500. The molecule has 2 rings (SSSR count). The van der Waals surface area contributed by atoms with Crippen molar-refractivity contribution in [3.63, 3.8) is 0 Å². The molecular weight excluding hydrogens is 230 g/mol. The summed E-state index contributed by atoms with van der Waals surface area (Å²) < 4.78 is 1.74. The monoisotopic (exact) mass is 245 g/mol. The molecule has 5 heteroatoms. The van der Waals surface area contributed by atoms with E-state index < -0.39 is 0 Å². The maximum absolute atomic E-state index is 12.0. The molecule has 0 aliphatic carbocycles. The molecule has 2 aromatic rings. The van der Waals surface area contributed by atoms with Gasteiger partial charge in [-0.3, -0.25) is 9.48 Å². The van der Waals surface area contributed by atoms with Crippen LogP contribution in [0.15, 0.2) is 30.6 Å². The first-order valence-electron chi connectivity index (χ1n) is 5.73. The molecule has 0 spiro atoms. The minimum absolute atomic E-state index is 0.155. The van der Waals surface area contributed by atoms with Crippen molar-refractivity contribution in [2.24, 2.45) is 0 Å². The smallest absolute Gasteiger partial charge is 0.256 e. The molecule has 1 heterocycles. The molecule has 1 amide bonds. The number of rotatable bonds is 3. The number of carbonyl (C=O) groups excluding carboxylic acids is 1. The van der Waals surface area contributed by atoms with Crippen LogP contribution in [0.3, 0.4) is 0 Å². The van der Waals surface area contributed by atoms with Gasteiger partial charge in [0.2, 0.25) is 0 Å². The third-order valence-corrected chi connectivity index (χ3v) is 2.67. The number of benzene rings is 1. The molecule has 0 aliphatic heterocycles. The quantitative estimate of drug-likeness (QED) is 0.870. The van der Waals surface area contributed by atoms with Gasteiger partial charge in [-0.1, -0.05) is 0 Å². The summed E-state index contributed by atoms with van der Waals surface area (Å²) in [6.45, 7) is 4.51. The highest BCUT2D eigenvalue weighted by Crippen LogP contribution is 2.17. The third-order valence-electron chi connectivity index (χ3n) is 2.67. The molecule has 0 unspecified atom stereocenters. The van der Waals surface area contributed by atoms with Crippen LogP contribution in [0.4, 0.5) is 5.69 Å². The van der Waals surface area contributed by atoms with Crippen LogP contribution in [0.25, 0.3) is 0 Å². The lowest BCUT2D eigenvalue weighted by atomic mass is 10.1. The Bertz CT molecular complexity index is 575. The minimum Gasteiger partial charge on any atom is -0.508 e. The highest BCUT2D eigenvalue weighted by molar-refractivity contribution is 6.05. The highest BCUT2D eigenvalue weighted by atomic mass is 16.3. The molecule has 18 heavy (non-hydrogen) atoms. The van der Waals surface area contributed by atoms with Crippen LogP contribution in [-0.4, -0.2) is 20.8 Å². The number of amides is 1. The second-order valence-electron chi connectivity index (χ2n) is 4.04. The molecule has 5 nitrogen and oxygen atoms in total. The van der Waals surface area contributed by atoms with E-state index in [2.05, 4.69) is 10.4 Å². The van der Waals surface area contributed by atoms with Crippen LogP contribution < -0.4 is 5.32 Å². The van der Waals surface area contributed by atoms with E-state index in [1.165, 1.54) is 6.07 Å². The zero-order valence-electron chi connectivity index (χ0n) is 10.3. The van der Waals surface area contributed by atoms with Crippen molar-refractivity contribution >= 4 is 11.6 Å². The zero-order valence-corrected chi connectivity index (χ0v) is 10.3. The molecule has 0 aliphatic rings. The van der Waals surface area contributed by atoms with E-state index in [4.69, 9.17) is 0 Å². The van der Waals surface area contributed by atoms with Crippen LogP contribution in [0, 0.1) is 6.92 Å². The van der Waals surface area contributed by atoms with Gasteiger partial charge in [0, 0.05) is 18.3 Å². The second kappa shape index (κ2) is 4.91. The number of nitrogens with one attached hydrogen (secondary N) is 1. The number of carbonyl (C=O) groups is 1. The van der Waals surface area contributed by atoms with Gasteiger partial charge in [0.05, 0.1) is 11.9 Å². The Balaban J connectivity index is 2.16. The number of hydrogen-bond donors (Lipinski definition) is 2. The molecule has 94 valence electrons. The van der Waals surface area contributed by atoms with Crippen molar-refractivity contribution in [3.05, 3.63) is 41.7 Å². The van der Waals surface area contributed by atoms with E-state index >= 15 is 0 Å². The summed E-state index contributed by atoms with van der Waals surface area (Å²) in [7, 11) is 0. The van der Waals surface area contributed by atoms with Crippen molar-refractivity contribution in [2.45, 2.75) is 20.4 Å². The summed E-state index contributed by atoms with van der Waals surface area (Å²) in [6.07, 6.45) is 3.38. The normalized spacial score (nSPS) is 10.3. The van der Waals surface area contributed by atoms with Crippen LogP contribution >= 0.6 is 0 Å². The largest absolute Gasteiger partial charge is 0.508 e. The number of aromatic hydroxyl groups is 1. The lowest BCUT2D eigenvalue weighted by molar-refractivity contribution is 0.102. The first-order chi connectivity index (χ1) is 8.60. The predicted molar refractivity (Wildman–Crippen MR) is 68.7 cm³/mol. The van der Waals surface area contributed by atoms with Gasteiger partial charge < -0.3 is 10.4 Å². The van der Waals surface area contributed by atoms with Crippen molar-refractivity contribution in [3.8, 4) is 5.75 Å². The Hall–Kier alpha value is -2.30. The zero-order chi connectivity index (χ0) is 13.1. The van der Waals surface area contributed by atoms with Gasteiger partial charge in [-0.2, -0.15) is 5.10 Å². The van der Waals surface area contributed by atoms with Gasteiger partial charge in [-0.25, -0.2) is 0 Å². The Morgan fingerprint density at radius 2 is 2.28 bits per heavy atom. The number of hydrogen-bond acceptors (Lipinski definition) is 3. The summed E-state index contributed by atoms with van der Waals surface area (Å²) in [5.41, 5.74) is 1.93. The molecular formula is C13H15N3O2. The molecule has 2 N–H and O–H groups in total. The molecule has 0 atom stereocenters. The summed E-state index contributed by atoms with van der Waals surface area (Å²) in [4.78, 5) is 12.0. The fourth-order valence-electron chi connectivity index (χ4n) is 1.70. The second-order valence-corrected chi connectivity index (χ2v) is 4.04. The average molecular weight is 245 g/mol. The number of aryl methyl sites for hydroxylation is 2. The maximum Gasteiger partial charge on any atom is 0.256 e. The number of nitrogens with zero attached hydrogens (tertiary/aromatic N) is 2. The van der Waals surface area contributed by atoms with Gasteiger partial charge in [0.1, 0.15) is 5.75 Å².